The first-order valence-corrected chi connectivity index (χ1v) is 6.46. The Morgan fingerprint density at radius 3 is 2.70 bits per heavy atom. The Morgan fingerprint density at radius 1 is 1.35 bits per heavy atom. The van der Waals surface area contributed by atoms with Crippen LogP contribution in [0.4, 0.5) is 11.5 Å². The number of carbonyl (C=O) groups excluding carboxylic acids is 1. The molecule has 0 saturated carbocycles. The summed E-state index contributed by atoms with van der Waals surface area (Å²) in [6, 6.07) is 6.27. The molecule has 0 atom stereocenters. The van der Waals surface area contributed by atoms with Gasteiger partial charge in [0.1, 0.15) is 11.6 Å². The molecule has 0 aliphatic heterocycles. The lowest BCUT2D eigenvalue weighted by Gasteiger charge is -2.06. The molecule has 0 aliphatic carbocycles. The van der Waals surface area contributed by atoms with Crippen LogP contribution < -0.4 is 10.9 Å². The average molecular weight is 314 g/mol. The topological polar surface area (TPSA) is 135 Å². The van der Waals surface area contributed by atoms with Crippen LogP contribution in [-0.2, 0) is 0 Å². The van der Waals surface area contributed by atoms with Crippen molar-refractivity contribution in [2.24, 2.45) is 0 Å². The van der Waals surface area contributed by atoms with E-state index in [0.29, 0.717) is 5.82 Å². The number of rotatable bonds is 3. The predicted octanol–water partition coefficient (Wildman–Crippen LogP) is 0.887. The van der Waals surface area contributed by atoms with Gasteiger partial charge in [0, 0.05) is 23.8 Å². The van der Waals surface area contributed by atoms with Gasteiger partial charge in [-0.2, -0.15) is 9.50 Å². The number of aryl methyl sites for hydroxylation is 1. The second-order valence-corrected chi connectivity index (χ2v) is 4.67. The molecule has 0 saturated heterocycles. The number of fused-ring (bicyclic) bond motifs is 1. The minimum absolute atomic E-state index is 0.119. The Kier molecular flexibility index (Phi) is 3.33. The number of aromatic nitrogens is 4. The summed E-state index contributed by atoms with van der Waals surface area (Å²) < 4.78 is 1.29. The van der Waals surface area contributed by atoms with E-state index in [1.807, 2.05) is 0 Å². The highest BCUT2D eigenvalue weighted by Crippen LogP contribution is 2.13. The summed E-state index contributed by atoms with van der Waals surface area (Å²) in [6.45, 7) is 1.65. The lowest BCUT2D eigenvalue weighted by atomic mass is 10.2. The van der Waals surface area contributed by atoms with Gasteiger partial charge in [-0.25, -0.2) is 0 Å². The summed E-state index contributed by atoms with van der Waals surface area (Å²) >= 11 is 0. The third kappa shape index (κ3) is 2.77. The number of aromatic amines is 1. The molecule has 3 rings (SSSR count). The van der Waals surface area contributed by atoms with E-state index in [2.05, 4.69) is 20.4 Å². The summed E-state index contributed by atoms with van der Waals surface area (Å²) in [5, 5.41) is 17.2. The van der Waals surface area contributed by atoms with E-state index >= 15 is 0 Å². The summed E-state index contributed by atoms with van der Waals surface area (Å²) in [6.07, 6.45) is 0. The molecule has 10 nitrogen and oxygen atoms in total. The number of H-pyrrole nitrogens is 1. The Balaban J connectivity index is 1.93. The fraction of sp³-hybridized carbons (Fsp3) is 0.0769. The van der Waals surface area contributed by atoms with Gasteiger partial charge >= 0.3 is 0 Å². The number of nitro benzene ring substituents is 1. The highest BCUT2D eigenvalue weighted by atomic mass is 16.6. The quantitative estimate of drug-likeness (QED) is 0.544. The van der Waals surface area contributed by atoms with Crippen LogP contribution in [0.3, 0.4) is 0 Å². The molecule has 0 aliphatic rings. The van der Waals surface area contributed by atoms with Crippen LogP contribution in [0.2, 0.25) is 0 Å². The van der Waals surface area contributed by atoms with Crippen molar-refractivity contribution in [3.8, 4) is 0 Å². The number of hydrogen-bond donors (Lipinski definition) is 2. The smallest absolute Gasteiger partial charge is 0.269 e. The lowest BCUT2D eigenvalue weighted by molar-refractivity contribution is -0.384. The molecule has 2 N–H and O–H groups in total. The second-order valence-electron chi connectivity index (χ2n) is 4.67. The van der Waals surface area contributed by atoms with Gasteiger partial charge in [0.05, 0.1) is 4.92 Å². The molecular weight excluding hydrogens is 304 g/mol. The Bertz CT molecular complexity index is 972. The average Bonchev–Trinajstić information content (AvgIpc) is 2.87. The minimum Gasteiger partial charge on any atom is -0.306 e. The monoisotopic (exact) mass is 314 g/mol. The van der Waals surface area contributed by atoms with E-state index in [9.17, 15) is 19.7 Å². The van der Waals surface area contributed by atoms with Crippen molar-refractivity contribution in [2.75, 3.05) is 5.32 Å². The molecule has 10 heteroatoms. The van der Waals surface area contributed by atoms with Crippen molar-refractivity contribution in [1.82, 2.24) is 19.6 Å². The van der Waals surface area contributed by atoms with Crippen molar-refractivity contribution < 1.29 is 9.72 Å². The molecule has 0 spiro atoms. The Hall–Kier alpha value is -3.56. The molecule has 0 unspecified atom stereocenters. The first-order valence-electron chi connectivity index (χ1n) is 6.46. The van der Waals surface area contributed by atoms with Gasteiger partial charge in [0.2, 0.25) is 5.78 Å². The minimum atomic E-state index is -0.555. The Labute approximate surface area is 127 Å². The maximum atomic E-state index is 12.2. The van der Waals surface area contributed by atoms with Gasteiger partial charge in [-0.15, -0.1) is 5.10 Å². The molecule has 1 amide bonds. The maximum absolute atomic E-state index is 12.2. The zero-order valence-electron chi connectivity index (χ0n) is 11.8. The van der Waals surface area contributed by atoms with Gasteiger partial charge in [0.25, 0.3) is 17.2 Å². The van der Waals surface area contributed by atoms with Crippen molar-refractivity contribution in [2.45, 2.75) is 6.92 Å². The van der Waals surface area contributed by atoms with Gasteiger partial charge in [-0.05, 0) is 19.1 Å². The molecule has 0 radical (unpaired) electrons. The largest absolute Gasteiger partial charge is 0.306 e. The molecule has 2 heterocycles. The summed E-state index contributed by atoms with van der Waals surface area (Å²) in [4.78, 5) is 40.3. The zero-order valence-corrected chi connectivity index (χ0v) is 11.8. The van der Waals surface area contributed by atoms with Gasteiger partial charge in [-0.1, -0.05) is 0 Å². The van der Waals surface area contributed by atoms with Crippen molar-refractivity contribution in [1.29, 1.82) is 0 Å². The normalized spacial score (nSPS) is 10.7. The van der Waals surface area contributed by atoms with Crippen LogP contribution >= 0.6 is 0 Å². The van der Waals surface area contributed by atoms with E-state index in [1.165, 1.54) is 34.8 Å². The standard InChI is InChI=1S/C13H10N6O4/c1-7-14-13-16-11(20)6-10(18(13)17-7)15-12(21)8-2-4-9(5-3-8)19(22)23/h2-6H,1H3,(H,15,21)(H,14,16,17,20). The molecule has 2 aromatic heterocycles. The van der Waals surface area contributed by atoms with Crippen LogP contribution in [0.5, 0.6) is 0 Å². The highest BCUT2D eigenvalue weighted by molar-refractivity contribution is 6.04. The maximum Gasteiger partial charge on any atom is 0.269 e. The van der Waals surface area contributed by atoms with E-state index < -0.39 is 16.4 Å². The molecule has 116 valence electrons. The number of anilines is 1. The fourth-order valence-electron chi connectivity index (χ4n) is 2.01. The first kappa shape index (κ1) is 14.4. The van der Waals surface area contributed by atoms with Crippen LogP contribution in [-0.4, -0.2) is 30.4 Å². The summed E-state index contributed by atoms with van der Waals surface area (Å²) in [7, 11) is 0. The van der Waals surface area contributed by atoms with E-state index in [4.69, 9.17) is 0 Å². The van der Waals surface area contributed by atoms with Crippen LogP contribution in [0.25, 0.3) is 5.78 Å². The van der Waals surface area contributed by atoms with Crippen LogP contribution in [0, 0.1) is 17.0 Å². The number of nitrogens with zero attached hydrogens (tertiary/aromatic N) is 4. The Morgan fingerprint density at radius 2 is 2.04 bits per heavy atom. The summed E-state index contributed by atoms with van der Waals surface area (Å²) in [5.74, 6) is 0.249. The van der Waals surface area contributed by atoms with Gasteiger partial charge < -0.3 is 5.32 Å². The third-order valence-electron chi connectivity index (χ3n) is 3.03. The number of non-ortho nitro benzene ring substituents is 1. The number of hydrogen-bond acceptors (Lipinski definition) is 6. The predicted molar refractivity (Wildman–Crippen MR) is 79.4 cm³/mol. The molecule has 1 aromatic carbocycles. The number of nitrogens with one attached hydrogen (secondary N) is 2. The molecular formula is C13H10N6O4. The first-order chi connectivity index (χ1) is 10.9. The van der Waals surface area contributed by atoms with E-state index in [-0.39, 0.29) is 22.8 Å². The lowest BCUT2D eigenvalue weighted by Crippen LogP contribution is -2.18. The molecule has 0 fully saturated rings. The molecule has 3 aromatic rings. The number of amides is 1. The zero-order chi connectivity index (χ0) is 16.6. The summed E-state index contributed by atoms with van der Waals surface area (Å²) in [5.41, 5.74) is -0.350. The van der Waals surface area contributed by atoms with Gasteiger partial charge in [-0.3, -0.25) is 24.7 Å². The fourth-order valence-corrected chi connectivity index (χ4v) is 2.01. The van der Waals surface area contributed by atoms with Crippen LogP contribution in [0.1, 0.15) is 16.2 Å². The SMILES string of the molecule is Cc1nc2[nH]c(=O)cc(NC(=O)c3ccc([N+](=O)[O-])cc3)n2n1. The van der Waals surface area contributed by atoms with Crippen molar-refractivity contribution in [3.05, 3.63) is 62.2 Å². The molecule has 0 bridgehead atoms. The van der Waals surface area contributed by atoms with E-state index in [0.717, 1.165) is 0 Å². The third-order valence-corrected chi connectivity index (χ3v) is 3.03. The van der Waals surface area contributed by atoms with Crippen molar-refractivity contribution >= 4 is 23.2 Å². The van der Waals surface area contributed by atoms with Gasteiger partial charge in [0.15, 0.2) is 0 Å². The van der Waals surface area contributed by atoms with Crippen LogP contribution in [0.15, 0.2) is 35.1 Å². The highest BCUT2D eigenvalue weighted by Gasteiger charge is 2.13. The molecule has 23 heavy (non-hydrogen) atoms. The second kappa shape index (κ2) is 5.33. The number of carbonyl (C=O) groups is 1. The number of benzene rings is 1. The van der Waals surface area contributed by atoms with Crippen molar-refractivity contribution in [3.63, 3.8) is 0 Å². The van der Waals surface area contributed by atoms with E-state index in [1.54, 1.807) is 6.92 Å². The number of nitro groups is 1.